The maximum absolute atomic E-state index is 12.8. The van der Waals surface area contributed by atoms with Gasteiger partial charge in [0, 0.05) is 32.7 Å². The highest BCUT2D eigenvalue weighted by Gasteiger charge is 2.37. The maximum atomic E-state index is 12.8. The van der Waals surface area contributed by atoms with Crippen LogP contribution in [0.4, 0.5) is 0 Å². The first-order chi connectivity index (χ1) is 9.16. The van der Waals surface area contributed by atoms with Crippen molar-refractivity contribution in [2.24, 2.45) is 11.8 Å². The zero-order valence-electron chi connectivity index (χ0n) is 11.6. The molecule has 2 saturated carbocycles. The van der Waals surface area contributed by atoms with E-state index in [9.17, 15) is 8.42 Å². The molecule has 6 heteroatoms. The summed E-state index contributed by atoms with van der Waals surface area (Å²) in [5.74, 6) is 1.25. The van der Waals surface area contributed by atoms with E-state index in [1.807, 2.05) is 0 Å². The van der Waals surface area contributed by atoms with Crippen LogP contribution in [-0.4, -0.2) is 56.3 Å². The Hall–Kier alpha value is -0.170. The lowest BCUT2D eigenvalue weighted by Gasteiger charge is -2.29. The second-order valence-corrected chi connectivity index (χ2v) is 8.14. The van der Waals surface area contributed by atoms with Gasteiger partial charge in [0.05, 0.1) is 0 Å². The van der Waals surface area contributed by atoms with Crippen LogP contribution in [0, 0.1) is 11.8 Å². The Labute approximate surface area is 116 Å². The molecule has 19 heavy (non-hydrogen) atoms. The predicted molar refractivity (Wildman–Crippen MR) is 75.0 cm³/mol. The van der Waals surface area contributed by atoms with Crippen molar-refractivity contribution in [2.75, 3.05) is 39.3 Å². The fourth-order valence-corrected chi connectivity index (χ4v) is 4.46. The van der Waals surface area contributed by atoms with Gasteiger partial charge in [-0.2, -0.15) is 17.0 Å². The molecule has 3 fully saturated rings. The van der Waals surface area contributed by atoms with Crippen molar-refractivity contribution in [3.63, 3.8) is 0 Å². The van der Waals surface area contributed by atoms with E-state index < -0.39 is 10.2 Å². The SMILES string of the molecule is O=S(=O)(N1CCCNCC1)N(CC1CC1)CC1CC1. The molecule has 0 bridgehead atoms. The Balaban J connectivity index is 1.68. The van der Waals surface area contributed by atoms with Crippen molar-refractivity contribution in [2.45, 2.75) is 32.1 Å². The summed E-state index contributed by atoms with van der Waals surface area (Å²) in [5, 5.41) is 3.27. The van der Waals surface area contributed by atoms with Crippen LogP contribution >= 0.6 is 0 Å². The van der Waals surface area contributed by atoms with Gasteiger partial charge in [0.25, 0.3) is 10.2 Å². The Bertz CT molecular complexity index is 382. The Morgan fingerprint density at radius 3 is 2.21 bits per heavy atom. The summed E-state index contributed by atoms with van der Waals surface area (Å²) < 4.78 is 29.1. The zero-order valence-corrected chi connectivity index (χ0v) is 12.4. The Morgan fingerprint density at radius 2 is 1.63 bits per heavy atom. The van der Waals surface area contributed by atoms with Gasteiger partial charge in [-0.15, -0.1) is 0 Å². The summed E-state index contributed by atoms with van der Waals surface area (Å²) in [6.07, 6.45) is 5.74. The lowest BCUT2D eigenvalue weighted by molar-refractivity contribution is 0.327. The minimum Gasteiger partial charge on any atom is -0.315 e. The van der Waals surface area contributed by atoms with Gasteiger partial charge in [-0.25, -0.2) is 0 Å². The van der Waals surface area contributed by atoms with Crippen LogP contribution in [0.1, 0.15) is 32.1 Å². The summed E-state index contributed by atoms with van der Waals surface area (Å²) in [5.41, 5.74) is 0. The van der Waals surface area contributed by atoms with Crippen molar-refractivity contribution in [3.05, 3.63) is 0 Å². The molecule has 1 saturated heterocycles. The third-order valence-corrected chi connectivity index (χ3v) is 6.24. The van der Waals surface area contributed by atoms with Gasteiger partial charge in [0.15, 0.2) is 0 Å². The molecule has 110 valence electrons. The quantitative estimate of drug-likeness (QED) is 0.780. The average molecular weight is 287 g/mol. The lowest BCUT2D eigenvalue weighted by atomic mass is 10.4. The largest absolute Gasteiger partial charge is 0.315 e. The van der Waals surface area contributed by atoms with E-state index in [1.54, 1.807) is 8.61 Å². The third kappa shape index (κ3) is 3.68. The normalized spacial score (nSPS) is 26.6. The standard InChI is InChI=1S/C13H25N3O2S/c17-19(18,15-8-1-6-14-7-9-15)16(10-12-2-3-12)11-13-4-5-13/h12-14H,1-11H2. The van der Waals surface area contributed by atoms with E-state index in [2.05, 4.69) is 5.32 Å². The molecular weight excluding hydrogens is 262 g/mol. The van der Waals surface area contributed by atoms with Crippen LogP contribution in [0.25, 0.3) is 0 Å². The lowest BCUT2D eigenvalue weighted by Crippen LogP contribution is -2.46. The second kappa shape index (κ2) is 5.68. The molecule has 0 radical (unpaired) electrons. The van der Waals surface area contributed by atoms with Crippen molar-refractivity contribution in [1.82, 2.24) is 13.9 Å². The molecule has 0 unspecified atom stereocenters. The number of nitrogens with zero attached hydrogens (tertiary/aromatic N) is 2. The highest BCUT2D eigenvalue weighted by atomic mass is 32.2. The fourth-order valence-electron chi connectivity index (χ4n) is 2.65. The van der Waals surface area contributed by atoms with Crippen molar-refractivity contribution in [1.29, 1.82) is 0 Å². The summed E-state index contributed by atoms with van der Waals surface area (Å²) in [4.78, 5) is 0. The highest BCUT2D eigenvalue weighted by molar-refractivity contribution is 7.86. The average Bonchev–Trinajstić information content (AvgIpc) is 3.25. The number of nitrogens with one attached hydrogen (secondary N) is 1. The van der Waals surface area contributed by atoms with E-state index in [0.717, 1.165) is 32.6 Å². The molecule has 0 aromatic rings. The van der Waals surface area contributed by atoms with Crippen molar-refractivity contribution >= 4 is 10.2 Å². The Kier molecular flexibility index (Phi) is 4.12. The first kappa shape index (κ1) is 13.8. The molecular formula is C13H25N3O2S. The van der Waals surface area contributed by atoms with Crippen LogP contribution < -0.4 is 5.32 Å². The van der Waals surface area contributed by atoms with Gasteiger partial charge in [-0.3, -0.25) is 0 Å². The number of rotatable bonds is 6. The molecule has 3 aliphatic rings. The van der Waals surface area contributed by atoms with Gasteiger partial charge < -0.3 is 5.32 Å². The minimum atomic E-state index is -3.23. The van der Waals surface area contributed by atoms with Gasteiger partial charge in [-0.1, -0.05) is 0 Å². The number of hydrogen-bond donors (Lipinski definition) is 1. The van der Waals surface area contributed by atoms with Gasteiger partial charge in [-0.05, 0) is 50.5 Å². The smallest absolute Gasteiger partial charge is 0.282 e. The van der Waals surface area contributed by atoms with E-state index in [1.165, 1.54) is 25.7 Å². The van der Waals surface area contributed by atoms with Crippen LogP contribution in [0.2, 0.25) is 0 Å². The maximum Gasteiger partial charge on any atom is 0.282 e. The van der Waals surface area contributed by atoms with Crippen LogP contribution in [-0.2, 0) is 10.2 Å². The van der Waals surface area contributed by atoms with E-state index in [4.69, 9.17) is 0 Å². The molecule has 0 atom stereocenters. The molecule has 0 aromatic heterocycles. The van der Waals surface area contributed by atoms with E-state index in [0.29, 0.717) is 24.9 Å². The fraction of sp³-hybridized carbons (Fsp3) is 1.00. The summed E-state index contributed by atoms with van der Waals surface area (Å²) in [7, 11) is -3.23. The molecule has 0 aromatic carbocycles. The van der Waals surface area contributed by atoms with E-state index >= 15 is 0 Å². The molecule has 1 aliphatic heterocycles. The summed E-state index contributed by atoms with van der Waals surface area (Å²) in [6.45, 7) is 4.50. The molecule has 5 nitrogen and oxygen atoms in total. The van der Waals surface area contributed by atoms with Crippen molar-refractivity contribution < 1.29 is 8.42 Å². The first-order valence-electron chi connectivity index (χ1n) is 7.62. The summed E-state index contributed by atoms with van der Waals surface area (Å²) in [6, 6.07) is 0. The number of hydrogen-bond acceptors (Lipinski definition) is 3. The van der Waals surface area contributed by atoms with Gasteiger partial charge in [0.2, 0.25) is 0 Å². The molecule has 1 N–H and O–H groups in total. The van der Waals surface area contributed by atoms with Crippen LogP contribution in [0.15, 0.2) is 0 Å². The first-order valence-corrected chi connectivity index (χ1v) is 9.02. The second-order valence-electron chi connectivity index (χ2n) is 6.21. The molecule has 3 rings (SSSR count). The van der Waals surface area contributed by atoms with Crippen LogP contribution in [0.3, 0.4) is 0 Å². The third-order valence-electron chi connectivity index (χ3n) is 4.27. The summed E-state index contributed by atoms with van der Waals surface area (Å²) >= 11 is 0. The van der Waals surface area contributed by atoms with Crippen molar-refractivity contribution in [3.8, 4) is 0 Å². The predicted octanol–water partition coefficient (Wildman–Crippen LogP) is 0.649. The van der Waals surface area contributed by atoms with Crippen LogP contribution in [0.5, 0.6) is 0 Å². The molecule has 0 amide bonds. The zero-order chi connectivity index (χ0) is 13.3. The molecule has 2 aliphatic carbocycles. The highest BCUT2D eigenvalue weighted by Crippen LogP contribution is 2.35. The minimum absolute atomic E-state index is 0.619. The van der Waals surface area contributed by atoms with Gasteiger partial charge >= 0.3 is 0 Å². The Morgan fingerprint density at radius 1 is 1.00 bits per heavy atom. The monoisotopic (exact) mass is 287 g/mol. The molecule has 1 heterocycles. The molecule has 0 spiro atoms. The van der Waals surface area contributed by atoms with Gasteiger partial charge in [0.1, 0.15) is 0 Å². The van der Waals surface area contributed by atoms with E-state index in [-0.39, 0.29) is 0 Å². The topological polar surface area (TPSA) is 52.7 Å².